The van der Waals surface area contributed by atoms with Crippen LogP contribution in [0.4, 0.5) is 0 Å². The average Bonchev–Trinajstić information content (AvgIpc) is 2.44. The quantitative estimate of drug-likeness (QED) is 0.590. The van der Waals surface area contributed by atoms with E-state index in [2.05, 4.69) is 11.6 Å². The van der Waals surface area contributed by atoms with Crippen molar-refractivity contribution < 1.29 is 4.79 Å². The van der Waals surface area contributed by atoms with Gasteiger partial charge in [-0.05, 0) is 24.1 Å². The van der Waals surface area contributed by atoms with Crippen LogP contribution < -0.4 is 10.6 Å². The van der Waals surface area contributed by atoms with Crippen LogP contribution in [0.2, 0.25) is 0 Å². The Labute approximate surface area is 75.9 Å². The molecule has 0 bridgehead atoms. The topological polar surface area (TPSA) is 29.4 Å². The fourth-order valence-electron chi connectivity index (χ4n) is 1.40. The number of hydrogen-bond acceptors (Lipinski definition) is 1. The van der Waals surface area contributed by atoms with Crippen LogP contribution in [0.1, 0.15) is 5.56 Å². The Balaban J connectivity index is 2.59. The zero-order valence-electron chi connectivity index (χ0n) is 7.16. The van der Waals surface area contributed by atoms with E-state index in [1.165, 1.54) is 0 Å². The van der Waals surface area contributed by atoms with Crippen molar-refractivity contribution in [2.75, 3.05) is 0 Å². The van der Waals surface area contributed by atoms with Crippen molar-refractivity contribution in [3.05, 3.63) is 47.0 Å². The Kier molecular flexibility index (Phi) is 1.81. The summed E-state index contributed by atoms with van der Waals surface area (Å²) in [6.45, 7) is 3.66. The molecule has 0 spiro atoms. The molecule has 1 heterocycles. The predicted octanol–water partition coefficient (Wildman–Crippen LogP) is 0.355. The molecule has 0 atom stereocenters. The summed E-state index contributed by atoms with van der Waals surface area (Å²) in [5.41, 5.74) is 1.16. The van der Waals surface area contributed by atoms with Crippen LogP contribution in [0, 0.1) is 0 Å². The maximum absolute atomic E-state index is 10.9. The highest BCUT2D eigenvalue weighted by atomic mass is 16.1. The fraction of sp³-hybridized carbons (Fsp3) is 0.0909. The lowest BCUT2D eigenvalue weighted by Crippen LogP contribution is -2.21. The summed E-state index contributed by atoms with van der Waals surface area (Å²) in [4.78, 5) is 14.8. The van der Waals surface area contributed by atoms with Crippen LogP contribution in [-0.4, -0.2) is 5.91 Å². The van der Waals surface area contributed by atoms with Gasteiger partial charge < -0.3 is 0 Å². The van der Waals surface area contributed by atoms with E-state index in [4.69, 9.17) is 0 Å². The third-order valence-corrected chi connectivity index (χ3v) is 1.98. The Morgan fingerprint density at radius 3 is 3.08 bits per heavy atom. The van der Waals surface area contributed by atoms with Gasteiger partial charge in [-0.1, -0.05) is 12.1 Å². The molecule has 0 fully saturated rings. The largest absolute Gasteiger partial charge is 0.270 e. The smallest absolute Gasteiger partial charge is 0.267 e. The number of benzene rings is 1. The van der Waals surface area contributed by atoms with Crippen LogP contribution in [0.15, 0.2) is 35.8 Å². The molecular formula is C11H9NO. The van der Waals surface area contributed by atoms with Gasteiger partial charge in [-0.25, -0.2) is 4.99 Å². The van der Waals surface area contributed by atoms with Gasteiger partial charge in [-0.2, -0.15) is 0 Å². The SMILES string of the molecule is C=CCc1ccc2c(c1)=CC(=O)N=2. The van der Waals surface area contributed by atoms with Crippen molar-refractivity contribution in [3.63, 3.8) is 0 Å². The van der Waals surface area contributed by atoms with Crippen LogP contribution in [0.25, 0.3) is 6.08 Å². The average molecular weight is 171 g/mol. The van der Waals surface area contributed by atoms with Crippen molar-refractivity contribution in [1.82, 2.24) is 0 Å². The Morgan fingerprint density at radius 1 is 1.46 bits per heavy atom. The van der Waals surface area contributed by atoms with Gasteiger partial charge in [0.2, 0.25) is 0 Å². The first kappa shape index (κ1) is 7.92. The summed E-state index contributed by atoms with van der Waals surface area (Å²) in [6, 6.07) is 5.82. The first-order chi connectivity index (χ1) is 6.29. The van der Waals surface area contributed by atoms with Crippen molar-refractivity contribution in [1.29, 1.82) is 0 Å². The molecule has 2 heteroatoms. The first-order valence-corrected chi connectivity index (χ1v) is 4.14. The summed E-state index contributed by atoms with van der Waals surface area (Å²) in [7, 11) is 0. The summed E-state index contributed by atoms with van der Waals surface area (Å²) >= 11 is 0. The highest BCUT2D eigenvalue weighted by molar-refractivity contribution is 6.06. The van der Waals surface area contributed by atoms with Crippen molar-refractivity contribution in [3.8, 4) is 0 Å². The Hall–Kier alpha value is -1.70. The standard InChI is InChI=1S/C11H9NO/c1-2-3-8-4-5-10-9(6-8)7-11(13)12-10/h2,4-7H,1,3H2. The minimum atomic E-state index is -0.161. The molecule has 0 aliphatic carbocycles. The number of allylic oxidation sites excluding steroid dienone is 1. The highest BCUT2D eigenvalue weighted by Crippen LogP contribution is 1.95. The molecule has 1 aromatic rings. The number of rotatable bonds is 2. The summed E-state index contributed by atoms with van der Waals surface area (Å²) in [5, 5.41) is 1.70. The molecule has 13 heavy (non-hydrogen) atoms. The van der Waals surface area contributed by atoms with E-state index in [0.717, 1.165) is 22.6 Å². The van der Waals surface area contributed by atoms with Crippen molar-refractivity contribution >= 4 is 12.0 Å². The molecule has 1 aliphatic rings. The molecule has 0 saturated heterocycles. The third-order valence-electron chi connectivity index (χ3n) is 1.98. The van der Waals surface area contributed by atoms with Gasteiger partial charge >= 0.3 is 0 Å². The molecular weight excluding hydrogens is 162 g/mol. The maximum atomic E-state index is 10.9. The number of fused-ring (bicyclic) bond motifs is 1. The Morgan fingerprint density at radius 2 is 2.31 bits per heavy atom. The van der Waals surface area contributed by atoms with Gasteiger partial charge in [0.25, 0.3) is 5.91 Å². The summed E-state index contributed by atoms with van der Waals surface area (Å²) in [6.07, 6.45) is 4.23. The maximum Gasteiger partial charge on any atom is 0.270 e. The molecule has 64 valence electrons. The molecule has 0 saturated carbocycles. The first-order valence-electron chi connectivity index (χ1n) is 4.14. The van der Waals surface area contributed by atoms with Crippen molar-refractivity contribution in [2.24, 2.45) is 4.99 Å². The fourth-order valence-corrected chi connectivity index (χ4v) is 1.40. The third kappa shape index (κ3) is 1.43. The van der Waals surface area contributed by atoms with E-state index in [1.807, 2.05) is 24.3 Å². The zero-order valence-corrected chi connectivity index (χ0v) is 7.16. The van der Waals surface area contributed by atoms with Crippen molar-refractivity contribution in [2.45, 2.75) is 6.42 Å². The van der Waals surface area contributed by atoms with Gasteiger partial charge in [-0.3, -0.25) is 4.79 Å². The van der Waals surface area contributed by atoms with Gasteiger partial charge in [0.05, 0.1) is 5.36 Å². The van der Waals surface area contributed by atoms with E-state index in [-0.39, 0.29) is 5.91 Å². The van der Waals surface area contributed by atoms with Crippen LogP contribution in [0.5, 0.6) is 0 Å². The second-order valence-electron chi connectivity index (χ2n) is 2.98. The molecule has 0 radical (unpaired) electrons. The van der Waals surface area contributed by atoms with E-state index in [9.17, 15) is 4.79 Å². The lowest BCUT2D eigenvalue weighted by Gasteiger charge is -1.93. The number of nitrogens with zero attached hydrogens (tertiary/aromatic N) is 1. The highest BCUT2D eigenvalue weighted by Gasteiger charge is 2.02. The van der Waals surface area contributed by atoms with E-state index >= 15 is 0 Å². The number of carbonyl (C=O) groups is 1. The molecule has 2 nitrogen and oxygen atoms in total. The molecule has 0 unspecified atom stereocenters. The minimum Gasteiger partial charge on any atom is -0.267 e. The van der Waals surface area contributed by atoms with E-state index < -0.39 is 0 Å². The van der Waals surface area contributed by atoms with Gasteiger partial charge in [0.1, 0.15) is 0 Å². The lowest BCUT2D eigenvalue weighted by molar-refractivity contribution is -0.112. The lowest BCUT2D eigenvalue weighted by atomic mass is 10.1. The predicted molar refractivity (Wildman–Crippen MR) is 50.6 cm³/mol. The monoisotopic (exact) mass is 171 g/mol. The Bertz CT molecular complexity index is 485. The minimum absolute atomic E-state index is 0.161. The normalized spacial score (nSPS) is 13.1. The number of hydrogen-bond donors (Lipinski definition) is 0. The van der Waals surface area contributed by atoms with Gasteiger partial charge in [0.15, 0.2) is 0 Å². The van der Waals surface area contributed by atoms with Crippen LogP contribution in [-0.2, 0) is 11.2 Å². The molecule has 0 aromatic heterocycles. The summed E-state index contributed by atoms with van der Waals surface area (Å²) in [5.74, 6) is -0.161. The van der Waals surface area contributed by atoms with Gasteiger partial charge in [-0.15, -0.1) is 6.58 Å². The van der Waals surface area contributed by atoms with Gasteiger partial charge in [0, 0.05) is 11.3 Å². The molecule has 1 aromatic carbocycles. The zero-order chi connectivity index (χ0) is 9.26. The molecule has 2 rings (SSSR count). The molecule has 1 amide bonds. The second kappa shape index (κ2) is 2.98. The number of amides is 1. The van der Waals surface area contributed by atoms with E-state index in [0.29, 0.717) is 0 Å². The van der Waals surface area contributed by atoms with Crippen LogP contribution in [0.3, 0.4) is 0 Å². The molecule has 1 aliphatic heterocycles. The summed E-state index contributed by atoms with van der Waals surface area (Å²) < 4.78 is 0. The molecule has 0 N–H and O–H groups in total. The van der Waals surface area contributed by atoms with Crippen LogP contribution >= 0.6 is 0 Å². The number of carbonyl (C=O) groups excluding carboxylic acids is 1. The second-order valence-corrected chi connectivity index (χ2v) is 2.98. The van der Waals surface area contributed by atoms with E-state index in [1.54, 1.807) is 6.08 Å².